The van der Waals surface area contributed by atoms with Gasteiger partial charge in [0.1, 0.15) is 5.75 Å². The van der Waals surface area contributed by atoms with Crippen LogP contribution in [-0.4, -0.2) is 12.9 Å². The predicted octanol–water partition coefficient (Wildman–Crippen LogP) is 7.74. The molecule has 0 spiro atoms. The molecule has 2 fully saturated rings. The van der Waals surface area contributed by atoms with Crippen molar-refractivity contribution >= 4 is 0 Å². The summed E-state index contributed by atoms with van der Waals surface area (Å²) in [6.45, 7) is 0.386. The van der Waals surface area contributed by atoms with Crippen LogP contribution in [0.3, 0.4) is 0 Å². The van der Waals surface area contributed by atoms with Gasteiger partial charge in [-0.05, 0) is 73.6 Å². The Hall–Kier alpha value is -1.80. The van der Waals surface area contributed by atoms with E-state index in [4.69, 9.17) is 9.47 Å². The summed E-state index contributed by atoms with van der Waals surface area (Å²) in [5.74, 6) is 2.77. The maximum Gasteiger partial charge on any atom is 0.189 e. The first-order chi connectivity index (χ1) is 15.3. The number of hydrogen-bond donors (Lipinski definition) is 0. The van der Waals surface area contributed by atoms with E-state index in [1.54, 1.807) is 0 Å². The molecule has 2 aromatic rings. The van der Waals surface area contributed by atoms with Crippen molar-refractivity contribution < 1.29 is 9.47 Å². The van der Waals surface area contributed by atoms with Crippen LogP contribution in [0.5, 0.6) is 5.75 Å². The fraction of sp³-hybridized carbons (Fsp3) is 0.586. The third-order valence-electron chi connectivity index (χ3n) is 7.50. The van der Waals surface area contributed by atoms with Gasteiger partial charge in [0.15, 0.2) is 6.79 Å². The number of ether oxygens (including phenoxy) is 2. The molecule has 0 amide bonds. The molecule has 0 aliphatic heterocycles. The molecular weight excluding hydrogens is 380 g/mol. The molecule has 168 valence electrons. The lowest BCUT2D eigenvalue weighted by Gasteiger charge is -2.28. The van der Waals surface area contributed by atoms with Crippen molar-refractivity contribution in [2.45, 2.75) is 89.6 Å². The van der Waals surface area contributed by atoms with E-state index in [-0.39, 0.29) is 0 Å². The van der Waals surface area contributed by atoms with Gasteiger partial charge in [0.2, 0.25) is 0 Å². The van der Waals surface area contributed by atoms with Crippen LogP contribution >= 0.6 is 0 Å². The van der Waals surface area contributed by atoms with Gasteiger partial charge in [0, 0.05) is 0 Å². The number of benzene rings is 2. The van der Waals surface area contributed by atoms with E-state index in [1.807, 2.05) is 0 Å². The van der Waals surface area contributed by atoms with Crippen molar-refractivity contribution in [3.05, 3.63) is 65.7 Å². The number of rotatable bonds is 10. The highest BCUT2D eigenvalue weighted by molar-refractivity contribution is 5.27. The van der Waals surface area contributed by atoms with Gasteiger partial charge in [-0.3, -0.25) is 0 Å². The first kappa shape index (κ1) is 22.4. The minimum Gasteiger partial charge on any atom is -0.468 e. The van der Waals surface area contributed by atoms with Crippen LogP contribution in [0.1, 0.15) is 81.8 Å². The van der Waals surface area contributed by atoms with Crippen molar-refractivity contribution in [2.24, 2.45) is 11.8 Å². The summed E-state index contributed by atoms with van der Waals surface area (Å²) in [5.41, 5.74) is 2.93. The van der Waals surface area contributed by atoms with Crippen molar-refractivity contribution in [1.82, 2.24) is 0 Å². The zero-order chi connectivity index (χ0) is 21.1. The third-order valence-corrected chi connectivity index (χ3v) is 7.50. The van der Waals surface area contributed by atoms with E-state index in [0.717, 1.165) is 17.6 Å². The topological polar surface area (TPSA) is 18.5 Å². The molecule has 0 aromatic heterocycles. The number of aryl methyl sites for hydroxylation is 2. The van der Waals surface area contributed by atoms with Crippen molar-refractivity contribution in [2.75, 3.05) is 6.79 Å². The highest BCUT2D eigenvalue weighted by atomic mass is 16.7. The lowest BCUT2D eigenvalue weighted by molar-refractivity contribution is -0.0496. The second-order valence-electron chi connectivity index (χ2n) is 9.78. The molecule has 2 heteroatoms. The Bertz CT molecular complexity index is 725. The van der Waals surface area contributed by atoms with E-state index in [9.17, 15) is 0 Å². The first-order valence-corrected chi connectivity index (χ1v) is 12.7. The Morgan fingerprint density at radius 1 is 0.613 bits per heavy atom. The van der Waals surface area contributed by atoms with Crippen molar-refractivity contribution in [1.29, 1.82) is 0 Å². The van der Waals surface area contributed by atoms with E-state index >= 15 is 0 Å². The van der Waals surface area contributed by atoms with Gasteiger partial charge in [-0.2, -0.15) is 0 Å². The van der Waals surface area contributed by atoms with E-state index in [2.05, 4.69) is 54.6 Å². The molecule has 0 radical (unpaired) electrons. The zero-order valence-electron chi connectivity index (χ0n) is 19.1. The molecule has 4 rings (SSSR count). The summed E-state index contributed by atoms with van der Waals surface area (Å²) in [4.78, 5) is 0. The van der Waals surface area contributed by atoms with Gasteiger partial charge in [0.25, 0.3) is 0 Å². The van der Waals surface area contributed by atoms with Gasteiger partial charge < -0.3 is 9.47 Å². The summed E-state index contributed by atoms with van der Waals surface area (Å²) in [7, 11) is 0. The van der Waals surface area contributed by atoms with Crippen LogP contribution < -0.4 is 4.74 Å². The Kier molecular flexibility index (Phi) is 8.88. The molecule has 31 heavy (non-hydrogen) atoms. The molecule has 2 aromatic carbocycles. The minimum absolute atomic E-state index is 0.386. The van der Waals surface area contributed by atoms with Gasteiger partial charge in [-0.1, -0.05) is 87.4 Å². The molecule has 0 unspecified atom stereocenters. The molecule has 0 atom stereocenters. The van der Waals surface area contributed by atoms with Crippen LogP contribution in [0.15, 0.2) is 54.6 Å². The summed E-state index contributed by atoms with van der Waals surface area (Å²) in [5, 5.41) is 0. The van der Waals surface area contributed by atoms with Gasteiger partial charge >= 0.3 is 0 Å². The minimum atomic E-state index is 0.386. The Labute approximate surface area is 189 Å². The molecular formula is C29H40O2. The SMILES string of the molecule is c1ccc(CCC2CCC(CCc3ccc(OCOC4CCCCC4)cc3)CC2)cc1. The summed E-state index contributed by atoms with van der Waals surface area (Å²) >= 11 is 0. The molecule has 0 saturated heterocycles. The molecule has 2 saturated carbocycles. The monoisotopic (exact) mass is 420 g/mol. The average molecular weight is 421 g/mol. The summed E-state index contributed by atoms with van der Waals surface area (Å²) in [6.07, 6.45) is 17.6. The van der Waals surface area contributed by atoms with Crippen molar-refractivity contribution in [3.63, 3.8) is 0 Å². The lowest BCUT2D eigenvalue weighted by atomic mass is 9.77. The molecule has 0 bridgehead atoms. The summed E-state index contributed by atoms with van der Waals surface area (Å²) < 4.78 is 11.7. The fourth-order valence-electron chi connectivity index (χ4n) is 5.38. The molecule has 2 aliphatic carbocycles. The normalized spacial score (nSPS) is 22.3. The smallest absolute Gasteiger partial charge is 0.189 e. The highest BCUT2D eigenvalue weighted by Crippen LogP contribution is 2.34. The molecule has 0 heterocycles. The molecule has 2 aliphatic rings. The van der Waals surface area contributed by atoms with Crippen LogP contribution in [0.2, 0.25) is 0 Å². The maximum atomic E-state index is 5.87. The number of hydrogen-bond acceptors (Lipinski definition) is 2. The largest absolute Gasteiger partial charge is 0.468 e. The average Bonchev–Trinajstić information content (AvgIpc) is 2.84. The van der Waals surface area contributed by atoms with Gasteiger partial charge in [0.05, 0.1) is 6.10 Å². The van der Waals surface area contributed by atoms with Crippen LogP contribution in [-0.2, 0) is 17.6 Å². The van der Waals surface area contributed by atoms with Gasteiger partial charge in [-0.15, -0.1) is 0 Å². The quantitative estimate of drug-likeness (QED) is 0.366. The van der Waals surface area contributed by atoms with Crippen molar-refractivity contribution in [3.8, 4) is 5.75 Å². The van der Waals surface area contributed by atoms with E-state index < -0.39 is 0 Å². The lowest BCUT2D eigenvalue weighted by Crippen LogP contribution is -2.19. The van der Waals surface area contributed by atoms with Crippen LogP contribution in [0.4, 0.5) is 0 Å². The predicted molar refractivity (Wildman–Crippen MR) is 128 cm³/mol. The van der Waals surface area contributed by atoms with Gasteiger partial charge in [-0.25, -0.2) is 0 Å². The summed E-state index contributed by atoms with van der Waals surface area (Å²) in [6, 6.07) is 19.7. The maximum absolute atomic E-state index is 5.87. The standard InChI is InChI=1S/C29H40O2/c1-3-7-24(8-4-1)11-12-25-13-15-26(16-14-25)17-18-27-19-21-29(22-20-27)31-23-30-28-9-5-2-6-10-28/h1,3-4,7-8,19-22,25-26,28H,2,5-6,9-18,23H2. The van der Waals surface area contributed by atoms with Crippen LogP contribution in [0, 0.1) is 11.8 Å². The van der Waals surface area contributed by atoms with E-state index in [1.165, 1.54) is 94.6 Å². The molecule has 2 nitrogen and oxygen atoms in total. The highest BCUT2D eigenvalue weighted by Gasteiger charge is 2.21. The zero-order valence-corrected chi connectivity index (χ0v) is 19.1. The Morgan fingerprint density at radius 3 is 1.81 bits per heavy atom. The third kappa shape index (κ3) is 7.68. The first-order valence-electron chi connectivity index (χ1n) is 12.7. The van der Waals surface area contributed by atoms with Crippen LogP contribution in [0.25, 0.3) is 0 Å². The fourth-order valence-corrected chi connectivity index (χ4v) is 5.38. The van der Waals surface area contributed by atoms with E-state index in [0.29, 0.717) is 12.9 Å². The second kappa shape index (κ2) is 12.3. The molecule has 0 N–H and O–H groups in total. The second-order valence-corrected chi connectivity index (χ2v) is 9.78. The Balaban J connectivity index is 1.09. The Morgan fingerprint density at radius 2 is 1.19 bits per heavy atom.